The van der Waals surface area contributed by atoms with Gasteiger partial charge in [-0.25, -0.2) is 0 Å². The molecule has 2 heterocycles. The van der Waals surface area contributed by atoms with Crippen molar-refractivity contribution in [3.8, 4) is 11.4 Å². The summed E-state index contributed by atoms with van der Waals surface area (Å²) >= 11 is 2.80. The van der Waals surface area contributed by atoms with Gasteiger partial charge in [-0.2, -0.15) is 18.2 Å². The van der Waals surface area contributed by atoms with Crippen LogP contribution < -0.4 is 5.32 Å². The van der Waals surface area contributed by atoms with E-state index in [1.54, 1.807) is 0 Å². The Bertz CT molecular complexity index is 1100. The normalized spacial score (nSPS) is 11.6. The Balaban J connectivity index is 1.32. The minimum Gasteiger partial charge on any atom is -0.356 e. The fourth-order valence-corrected chi connectivity index (χ4v) is 4.06. The van der Waals surface area contributed by atoms with Crippen molar-refractivity contribution in [1.82, 2.24) is 20.3 Å². The minimum atomic E-state index is -4.38. The molecule has 1 N–H and O–H groups in total. The molecule has 0 atom stereocenters. The average molecular weight is 449 g/mol. The monoisotopic (exact) mass is 449 g/mol. The van der Waals surface area contributed by atoms with Gasteiger partial charge in [-0.3, -0.25) is 0 Å². The van der Waals surface area contributed by atoms with Gasteiger partial charge in [-0.05, 0) is 17.7 Å². The van der Waals surface area contributed by atoms with Crippen LogP contribution >= 0.6 is 23.1 Å². The van der Waals surface area contributed by atoms with E-state index in [1.807, 2.05) is 30.3 Å². The number of thioether (sulfide) groups is 1. The minimum absolute atomic E-state index is 0.238. The molecule has 0 aliphatic rings. The standard InChI is InChI=1S/C19H14F3N5OS2/c20-19(21,22)14-8-6-13(7-9-14)16-24-15(28-27-16)11-29-18-26-25-17(30-18)23-10-12-4-2-1-3-5-12/h1-9H,10-11H2,(H,23,25). The van der Waals surface area contributed by atoms with Gasteiger partial charge in [0.15, 0.2) is 4.34 Å². The predicted molar refractivity (Wildman–Crippen MR) is 108 cm³/mol. The third kappa shape index (κ3) is 5.16. The fraction of sp³-hybridized carbons (Fsp3) is 0.158. The van der Waals surface area contributed by atoms with E-state index in [9.17, 15) is 13.2 Å². The third-order valence-corrected chi connectivity index (χ3v) is 5.95. The predicted octanol–water partition coefficient (Wildman–Crippen LogP) is 5.51. The van der Waals surface area contributed by atoms with Crippen molar-refractivity contribution in [3.63, 3.8) is 0 Å². The zero-order valence-electron chi connectivity index (χ0n) is 15.3. The van der Waals surface area contributed by atoms with Crippen molar-refractivity contribution in [3.05, 3.63) is 71.6 Å². The van der Waals surface area contributed by atoms with E-state index in [2.05, 4.69) is 25.7 Å². The molecule has 0 saturated carbocycles. The summed E-state index contributed by atoms with van der Waals surface area (Å²) in [5, 5.41) is 16.0. The van der Waals surface area contributed by atoms with Crippen molar-refractivity contribution >= 4 is 28.2 Å². The van der Waals surface area contributed by atoms with E-state index < -0.39 is 11.7 Å². The number of rotatable bonds is 7. The Morgan fingerprint density at radius 1 is 1.00 bits per heavy atom. The first-order valence-corrected chi connectivity index (χ1v) is 10.5. The molecule has 0 fully saturated rings. The quantitative estimate of drug-likeness (QED) is 0.373. The third-order valence-electron chi connectivity index (χ3n) is 3.95. The van der Waals surface area contributed by atoms with E-state index in [1.165, 1.54) is 35.2 Å². The van der Waals surface area contributed by atoms with Crippen LogP contribution in [0.5, 0.6) is 0 Å². The highest BCUT2D eigenvalue weighted by atomic mass is 32.2. The highest BCUT2D eigenvalue weighted by molar-refractivity contribution is 8.00. The van der Waals surface area contributed by atoms with Crippen LogP contribution in [-0.4, -0.2) is 20.3 Å². The smallest absolute Gasteiger partial charge is 0.356 e. The molecule has 0 unspecified atom stereocenters. The van der Waals surface area contributed by atoms with Gasteiger partial charge >= 0.3 is 6.18 Å². The van der Waals surface area contributed by atoms with E-state index >= 15 is 0 Å². The topological polar surface area (TPSA) is 76.7 Å². The molecular formula is C19H14F3N5OS2. The molecule has 4 rings (SSSR count). The molecule has 0 amide bonds. The second-order valence-corrected chi connectivity index (χ2v) is 8.29. The Morgan fingerprint density at radius 2 is 1.77 bits per heavy atom. The van der Waals surface area contributed by atoms with E-state index in [0.29, 0.717) is 28.9 Å². The summed E-state index contributed by atoms with van der Waals surface area (Å²) in [6.45, 7) is 0.653. The van der Waals surface area contributed by atoms with Gasteiger partial charge < -0.3 is 9.84 Å². The van der Waals surface area contributed by atoms with E-state index in [-0.39, 0.29) is 5.82 Å². The van der Waals surface area contributed by atoms with Crippen LogP contribution in [0.3, 0.4) is 0 Å². The summed E-state index contributed by atoms with van der Waals surface area (Å²) in [6.07, 6.45) is -4.38. The lowest BCUT2D eigenvalue weighted by Crippen LogP contribution is -2.04. The average Bonchev–Trinajstić information content (AvgIpc) is 3.40. The summed E-state index contributed by atoms with van der Waals surface area (Å²) in [5.41, 5.74) is 0.869. The first-order chi connectivity index (χ1) is 14.5. The molecule has 2 aromatic heterocycles. The molecule has 0 aliphatic carbocycles. The highest BCUT2D eigenvalue weighted by Crippen LogP contribution is 2.31. The molecule has 0 radical (unpaired) electrons. The number of anilines is 1. The molecule has 4 aromatic rings. The van der Waals surface area contributed by atoms with Crippen LogP contribution in [0.25, 0.3) is 11.4 Å². The zero-order valence-corrected chi connectivity index (χ0v) is 16.9. The molecule has 0 spiro atoms. The molecule has 154 valence electrons. The van der Waals surface area contributed by atoms with Gasteiger partial charge in [0.25, 0.3) is 0 Å². The molecule has 11 heteroatoms. The highest BCUT2D eigenvalue weighted by Gasteiger charge is 2.30. The Labute approximate surface area is 177 Å². The lowest BCUT2D eigenvalue weighted by atomic mass is 10.1. The Kier molecular flexibility index (Phi) is 6.00. The van der Waals surface area contributed by atoms with Gasteiger partial charge in [0.05, 0.1) is 11.3 Å². The van der Waals surface area contributed by atoms with Gasteiger partial charge in [0, 0.05) is 12.1 Å². The van der Waals surface area contributed by atoms with E-state index in [4.69, 9.17) is 4.52 Å². The molecule has 0 aliphatic heterocycles. The second kappa shape index (κ2) is 8.84. The van der Waals surface area contributed by atoms with Gasteiger partial charge in [-0.1, -0.05) is 70.7 Å². The number of nitrogens with one attached hydrogen (secondary N) is 1. The van der Waals surface area contributed by atoms with Crippen molar-refractivity contribution in [1.29, 1.82) is 0 Å². The number of hydrogen-bond donors (Lipinski definition) is 1. The van der Waals surface area contributed by atoms with Crippen LogP contribution in [0.2, 0.25) is 0 Å². The van der Waals surface area contributed by atoms with Crippen LogP contribution in [0.1, 0.15) is 17.0 Å². The first kappa shape index (κ1) is 20.4. The second-order valence-electron chi connectivity index (χ2n) is 6.09. The summed E-state index contributed by atoms with van der Waals surface area (Å²) in [5.74, 6) is 0.965. The van der Waals surface area contributed by atoms with Crippen molar-refractivity contribution < 1.29 is 17.7 Å². The van der Waals surface area contributed by atoms with Gasteiger partial charge in [0.2, 0.25) is 16.8 Å². The molecule has 6 nitrogen and oxygen atoms in total. The van der Waals surface area contributed by atoms with Crippen molar-refractivity contribution in [2.75, 3.05) is 5.32 Å². The van der Waals surface area contributed by atoms with Crippen LogP contribution in [-0.2, 0) is 18.5 Å². The number of halogens is 3. The van der Waals surface area contributed by atoms with Crippen LogP contribution in [0.4, 0.5) is 18.3 Å². The number of nitrogens with zero attached hydrogens (tertiary/aromatic N) is 4. The maximum atomic E-state index is 12.7. The summed E-state index contributed by atoms with van der Waals surface area (Å²) < 4.78 is 43.9. The van der Waals surface area contributed by atoms with Gasteiger partial charge in [-0.15, -0.1) is 10.2 Å². The fourth-order valence-electron chi connectivity index (χ4n) is 2.48. The number of hydrogen-bond acceptors (Lipinski definition) is 8. The number of aromatic nitrogens is 4. The number of benzene rings is 2. The number of alkyl halides is 3. The maximum Gasteiger partial charge on any atom is 0.416 e. The van der Waals surface area contributed by atoms with Gasteiger partial charge in [0.1, 0.15) is 0 Å². The summed E-state index contributed by atoms with van der Waals surface area (Å²) in [7, 11) is 0. The van der Waals surface area contributed by atoms with Crippen molar-refractivity contribution in [2.24, 2.45) is 0 Å². The Morgan fingerprint density at radius 3 is 2.50 bits per heavy atom. The van der Waals surface area contributed by atoms with Crippen LogP contribution in [0, 0.1) is 0 Å². The SMILES string of the molecule is FC(F)(F)c1ccc(-c2noc(CSc3nnc(NCc4ccccc4)s3)n2)cc1. The molecular weight excluding hydrogens is 435 g/mol. The molecule has 30 heavy (non-hydrogen) atoms. The zero-order chi connectivity index (χ0) is 21.0. The molecule has 0 bridgehead atoms. The molecule has 0 saturated heterocycles. The van der Waals surface area contributed by atoms with Crippen LogP contribution in [0.15, 0.2) is 63.5 Å². The summed E-state index contributed by atoms with van der Waals surface area (Å²) in [4.78, 5) is 4.23. The molecule has 2 aromatic carbocycles. The van der Waals surface area contributed by atoms with Crippen molar-refractivity contribution in [2.45, 2.75) is 22.8 Å². The first-order valence-electron chi connectivity index (χ1n) is 8.72. The lowest BCUT2D eigenvalue weighted by Gasteiger charge is -2.05. The summed E-state index contributed by atoms with van der Waals surface area (Å²) in [6, 6.07) is 14.6. The Hall–Kier alpha value is -2.92. The lowest BCUT2D eigenvalue weighted by molar-refractivity contribution is -0.137. The largest absolute Gasteiger partial charge is 0.416 e. The van der Waals surface area contributed by atoms with E-state index in [0.717, 1.165) is 22.0 Å². The maximum absolute atomic E-state index is 12.7.